The van der Waals surface area contributed by atoms with Crippen LogP contribution in [0.25, 0.3) is 0 Å². The molecular formula is C5H10O. The highest BCUT2D eigenvalue weighted by Crippen LogP contribution is 1.84. The van der Waals surface area contributed by atoms with Crippen LogP contribution in [0.4, 0.5) is 0 Å². The van der Waals surface area contributed by atoms with Crippen LogP contribution in [-0.4, -0.2) is 5.78 Å². The van der Waals surface area contributed by atoms with E-state index in [0.717, 1.165) is 0 Å². The van der Waals surface area contributed by atoms with Crippen LogP contribution in [0.1, 0.15) is 30.7 Å². The highest BCUT2D eigenvalue weighted by atomic mass is 16.1. The zero-order chi connectivity index (χ0) is 7.49. The van der Waals surface area contributed by atoms with Crippen molar-refractivity contribution >= 4 is 5.78 Å². The number of carbonyl (C=O) groups is 1. The Bertz CT molecular complexity index is 105. The summed E-state index contributed by atoms with van der Waals surface area (Å²) in [5, 5.41) is 0. The number of Topliss-reactive ketones (excluding diaryl/α,β-unsaturated/α-hetero) is 1. The van der Waals surface area contributed by atoms with Gasteiger partial charge >= 0.3 is 0 Å². The Kier molecular flexibility index (Phi) is 1.01. The molecule has 0 aromatic heterocycles. The van der Waals surface area contributed by atoms with Gasteiger partial charge in [0.25, 0.3) is 0 Å². The molecule has 0 rings (SSSR count). The Balaban J connectivity index is 3.39. The molecule has 0 aromatic rings. The molecule has 1 nitrogen and oxygen atoms in total. The molecule has 0 bridgehead atoms. The Morgan fingerprint density at radius 3 is 2.83 bits per heavy atom. The molecule has 0 N–H and O–H groups in total. The van der Waals surface area contributed by atoms with E-state index in [-0.39, 0.29) is 18.6 Å². The lowest BCUT2D eigenvalue weighted by Gasteiger charge is -1.80. The summed E-state index contributed by atoms with van der Waals surface area (Å²) in [4.78, 5) is 10.2. The fourth-order valence-electron chi connectivity index (χ4n) is 0.176. The first-order valence-corrected chi connectivity index (χ1v) is 1.91. The van der Waals surface area contributed by atoms with Crippen molar-refractivity contribution in [3.8, 4) is 0 Å². The first-order valence-electron chi connectivity index (χ1n) is 3.41. The lowest BCUT2D eigenvalue weighted by Crippen LogP contribution is -1.84. The Hall–Kier alpha value is -0.330. The van der Waals surface area contributed by atoms with Crippen LogP contribution in [0.3, 0.4) is 0 Å². The minimum absolute atomic E-state index is 0.00231. The van der Waals surface area contributed by atoms with Crippen LogP contribution >= 0.6 is 0 Å². The van der Waals surface area contributed by atoms with Gasteiger partial charge in [-0.25, -0.2) is 0 Å². The summed E-state index contributed by atoms with van der Waals surface area (Å²) in [6.07, 6.45) is 0.166. The van der Waals surface area contributed by atoms with Crippen LogP contribution in [0.15, 0.2) is 0 Å². The number of hydrogen-bond donors (Lipinski definition) is 0. The zero-order valence-electron chi connectivity index (χ0n) is 6.82. The standard InChI is InChI=1S/C5H10O/c1-3-4-5(2)6/h3-4H2,1-2H3/i1D3. The van der Waals surface area contributed by atoms with Gasteiger partial charge in [0.2, 0.25) is 0 Å². The smallest absolute Gasteiger partial charge is 0.129 e. The van der Waals surface area contributed by atoms with Gasteiger partial charge in [0.05, 0.1) is 0 Å². The summed E-state index contributed by atoms with van der Waals surface area (Å²) in [6, 6.07) is 0. The van der Waals surface area contributed by atoms with Gasteiger partial charge in [-0.3, -0.25) is 0 Å². The fourth-order valence-corrected chi connectivity index (χ4v) is 0.176. The first-order chi connectivity index (χ1) is 3.92. The van der Waals surface area contributed by atoms with Crippen LogP contribution in [0.5, 0.6) is 0 Å². The van der Waals surface area contributed by atoms with Gasteiger partial charge < -0.3 is 4.79 Å². The second-order valence-electron chi connectivity index (χ2n) is 1.20. The van der Waals surface area contributed by atoms with Gasteiger partial charge in [-0.05, 0) is 13.3 Å². The Morgan fingerprint density at radius 1 is 2.00 bits per heavy atom. The van der Waals surface area contributed by atoms with Crippen LogP contribution < -0.4 is 0 Å². The predicted octanol–water partition coefficient (Wildman–Crippen LogP) is 1.38. The van der Waals surface area contributed by atoms with Crippen LogP contribution in [0, 0.1) is 0 Å². The molecule has 0 aliphatic heterocycles. The molecule has 1 heteroatoms. The third-order valence-electron chi connectivity index (χ3n) is 0.477. The average Bonchev–Trinajstić information content (AvgIpc) is 1.59. The second kappa shape index (κ2) is 2.88. The van der Waals surface area contributed by atoms with E-state index >= 15 is 0 Å². The lowest BCUT2D eigenvalue weighted by molar-refractivity contribution is -0.117. The number of carbonyl (C=O) groups excluding carboxylic acids is 1. The molecule has 6 heavy (non-hydrogen) atoms. The van der Waals surface area contributed by atoms with Crippen molar-refractivity contribution in [2.75, 3.05) is 0 Å². The maximum absolute atomic E-state index is 10.2. The molecule has 0 atom stereocenters. The zero-order valence-corrected chi connectivity index (χ0v) is 3.82. The minimum atomic E-state index is -1.94. The van der Waals surface area contributed by atoms with E-state index in [9.17, 15) is 4.79 Å². The molecule has 36 valence electrons. The van der Waals surface area contributed by atoms with E-state index in [1.54, 1.807) is 0 Å². The van der Waals surface area contributed by atoms with Gasteiger partial charge in [-0.2, -0.15) is 0 Å². The first kappa shape index (κ1) is 2.10. The summed E-state index contributed by atoms with van der Waals surface area (Å²) in [6.45, 7) is -0.544. The quantitative estimate of drug-likeness (QED) is 0.499. The molecular weight excluding hydrogens is 76.1 g/mol. The van der Waals surface area contributed by atoms with Crippen molar-refractivity contribution in [2.24, 2.45) is 0 Å². The molecule has 0 unspecified atom stereocenters. The highest BCUT2D eigenvalue weighted by Gasteiger charge is 1.83. The third-order valence-corrected chi connectivity index (χ3v) is 0.477. The summed E-state index contributed by atoms with van der Waals surface area (Å²) in [5.41, 5.74) is 0. The summed E-state index contributed by atoms with van der Waals surface area (Å²) in [5.74, 6) is -0.0638. The van der Waals surface area contributed by atoms with Gasteiger partial charge in [0.1, 0.15) is 5.78 Å². The largest absolute Gasteiger partial charge is 0.300 e. The minimum Gasteiger partial charge on any atom is -0.300 e. The lowest BCUT2D eigenvalue weighted by atomic mass is 10.3. The van der Waals surface area contributed by atoms with Crippen LogP contribution in [-0.2, 0) is 4.79 Å². The molecule has 0 heterocycles. The fraction of sp³-hybridized carbons (Fsp3) is 0.800. The van der Waals surface area contributed by atoms with Gasteiger partial charge in [-0.1, -0.05) is 6.85 Å². The molecule has 0 fully saturated rings. The van der Waals surface area contributed by atoms with Crippen molar-refractivity contribution in [1.82, 2.24) is 0 Å². The Labute approximate surface area is 42.6 Å². The van der Waals surface area contributed by atoms with Crippen molar-refractivity contribution in [2.45, 2.75) is 26.6 Å². The van der Waals surface area contributed by atoms with Crippen molar-refractivity contribution in [1.29, 1.82) is 0 Å². The maximum atomic E-state index is 10.2. The predicted molar refractivity (Wildman–Crippen MR) is 25.6 cm³/mol. The van der Waals surface area contributed by atoms with Crippen LogP contribution in [0.2, 0.25) is 0 Å². The van der Waals surface area contributed by atoms with Crippen molar-refractivity contribution in [3.63, 3.8) is 0 Å². The molecule has 0 radical (unpaired) electrons. The van der Waals surface area contributed by atoms with E-state index in [4.69, 9.17) is 4.11 Å². The van der Waals surface area contributed by atoms with E-state index in [0.29, 0.717) is 0 Å². The topological polar surface area (TPSA) is 17.1 Å². The van der Waals surface area contributed by atoms with Gasteiger partial charge in [-0.15, -0.1) is 0 Å². The SMILES string of the molecule is [2H]C([2H])([2H])CCC(C)=O. The number of ketones is 1. The normalized spacial score (nSPS) is 17.8. The molecule has 0 spiro atoms. The summed E-state index contributed by atoms with van der Waals surface area (Å²) < 4.78 is 20.1. The van der Waals surface area contributed by atoms with Gasteiger partial charge in [0.15, 0.2) is 0 Å². The second-order valence-corrected chi connectivity index (χ2v) is 1.20. The van der Waals surface area contributed by atoms with Crippen molar-refractivity contribution in [3.05, 3.63) is 0 Å². The summed E-state index contributed by atoms with van der Waals surface area (Å²) in [7, 11) is 0. The highest BCUT2D eigenvalue weighted by molar-refractivity contribution is 5.75. The van der Waals surface area contributed by atoms with E-state index < -0.39 is 6.85 Å². The molecule has 0 saturated carbocycles. The molecule has 0 amide bonds. The third kappa shape index (κ3) is 3.67. The molecule has 0 saturated heterocycles. The maximum Gasteiger partial charge on any atom is 0.129 e. The average molecular weight is 89.2 g/mol. The number of rotatable bonds is 2. The molecule has 0 aliphatic rings. The molecule has 0 aromatic carbocycles. The van der Waals surface area contributed by atoms with E-state index in [1.165, 1.54) is 6.92 Å². The Morgan fingerprint density at radius 2 is 2.67 bits per heavy atom. The van der Waals surface area contributed by atoms with Gasteiger partial charge in [0, 0.05) is 10.5 Å². The summed E-state index contributed by atoms with van der Waals surface area (Å²) >= 11 is 0. The van der Waals surface area contributed by atoms with Crippen molar-refractivity contribution < 1.29 is 8.91 Å². The molecule has 0 aliphatic carbocycles. The van der Waals surface area contributed by atoms with E-state index in [2.05, 4.69) is 0 Å². The number of hydrogen-bond acceptors (Lipinski definition) is 1. The monoisotopic (exact) mass is 89.1 g/mol. The van der Waals surface area contributed by atoms with E-state index in [1.807, 2.05) is 0 Å².